The smallest absolute Gasteiger partial charge is 0.419 e. The van der Waals surface area contributed by atoms with Crippen molar-refractivity contribution in [1.29, 1.82) is 0 Å². The van der Waals surface area contributed by atoms with E-state index in [1.165, 1.54) is 26.3 Å². The third-order valence-electron chi connectivity index (χ3n) is 1.98. The summed E-state index contributed by atoms with van der Waals surface area (Å²) in [7, 11) is 2.58. The van der Waals surface area contributed by atoms with Crippen LogP contribution in [0.15, 0.2) is 18.2 Å². The number of ether oxygens (including phenoxy) is 1. The second kappa shape index (κ2) is 4.71. The molecule has 1 aromatic carbocycles. The molecule has 1 aromatic rings. The lowest BCUT2D eigenvalue weighted by Crippen LogP contribution is -2.13. The van der Waals surface area contributed by atoms with Crippen LogP contribution in [0.5, 0.6) is 5.75 Å². The molecule has 0 aromatic heterocycles. The van der Waals surface area contributed by atoms with Crippen LogP contribution in [0.1, 0.15) is 11.1 Å². The van der Waals surface area contributed by atoms with E-state index in [0.717, 1.165) is 11.1 Å². The lowest BCUT2D eigenvalue weighted by atomic mass is 10.1. The van der Waals surface area contributed by atoms with E-state index in [-0.39, 0.29) is 12.3 Å². The van der Waals surface area contributed by atoms with Gasteiger partial charge in [0.15, 0.2) is 0 Å². The molecular formula is C10H12F3NO2. The Labute approximate surface area is 91.0 Å². The summed E-state index contributed by atoms with van der Waals surface area (Å²) in [5.74, 6) is -0.244. The van der Waals surface area contributed by atoms with Gasteiger partial charge in [0.2, 0.25) is 0 Å². The molecule has 0 bridgehead atoms. The highest BCUT2D eigenvalue weighted by Crippen LogP contribution is 2.36. The Morgan fingerprint density at radius 1 is 1.38 bits per heavy atom. The lowest BCUT2D eigenvalue weighted by molar-refractivity contribution is -0.138. The van der Waals surface area contributed by atoms with Gasteiger partial charge in [-0.15, -0.1) is 0 Å². The molecule has 16 heavy (non-hydrogen) atoms. The molecular weight excluding hydrogens is 223 g/mol. The van der Waals surface area contributed by atoms with Crippen molar-refractivity contribution >= 4 is 0 Å². The van der Waals surface area contributed by atoms with Gasteiger partial charge in [0.1, 0.15) is 5.75 Å². The van der Waals surface area contributed by atoms with Crippen molar-refractivity contribution in [2.24, 2.45) is 0 Å². The Balaban J connectivity index is 3.07. The van der Waals surface area contributed by atoms with Crippen LogP contribution in [0.2, 0.25) is 0 Å². The van der Waals surface area contributed by atoms with E-state index in [0.29, 0.717) is 5.56 Å². The summed E-state index contributed by atoms with van der Waals surface area (Å²) in [6.45, 7) is 0.133. The van der Waals surface area contributed by atoms with E-state index in [9.17, 15) is 13.2 Å². The molecule has 0 aliphatic rings. The standard InChI is InChI=1S/C10H12F3NO2/c1-14(15)6-7-3-4-8(10(11,12)13)9(5-7)16-2/h3-5,15H,6H2,1-2H3. The molecule has 90 valence electrons. The molecule has 0 unspecified atom stereocenters. The van der Waals surface area contributed by atoms with Crippen molar-refractivity contribution in [2.75, 3.05) is 14.2 Å². The molecule has 0 fully saturated rings. The van der Waals surface area contributed by atoms with Gasteiger partial charge < -0.3 is 9.94 Å². The first-order valence-electron chi connectivity index (χ1n) is 4.48. The quantitative estimate of drug-likeness (QED) is 0.817. The monoisotopic (exact) mass is 235 g/mol. The first-order valence-corrected chi connectivity index (χ1v) is 4.48. The first-order chi connectivity index (χ1) is 7.34. The zero-order chi connectivity index (χ0) is 12.3. The zero-order valence-corrected chi connectivity index (χ0v) is 8.88. The Morgan fingerprint density at radius 3 is 2.44 bits per heavy atom. The average molecular weight is 235 g/mol. The number of hydrogen-bond donors (Lipinski definition) is 1. The second-order valence-electron chi connectivity index (χ2n) is 3.35. The largest absolute Gasteiger partial charge is 0.496 e. The molecule has 0 heterocycles. The molecule has 0 saturated heterocycles. The third-order valence-corrected chi connectivity index (χ3v) is 1.98. The fraction of sp³-hybridized carbons (Fsp3) is 0.400. The van der Waals surface area contributed by atoms with Crippen molar-refractivity contribution < 1.29 is 23.1 Å². The van der Waals surface area contributed by atoms with E-state index < -0.39 is 11.7 Å². The minimum Gasteiger partial charge on any atom is -0.496 e. The summed E-state index contributed by atoms with van der Waals surface area (Å²) in [6.07, 6.45) is -4.44. The van der Waals surface area contributed by atoms with Gasteiger partial charge in [-0.05, 0) is 17.7 Å². The molecule has 0 aliphatic heterocycles. The van der Waals surface area contributed by atoms with Crippen molar-refractivity contribution in [3.63, 3.8) is 0 Å². The van der Waals surface area contributed by atoms with Crippen LogP contribution in [0.4, 0.5) is 13.2 Å². The van der Waals surface area contributed by atoms with E-state index in [2.05, 4.69) is 4.74 Å². The third kappa shape index (κ3) is 3.11. The molecule has 0 spiro atoms. The summed E-state index contributed by atoms with van der Waals surface area (Å²) >= 11 is 0. The van der Waals surface area contributed by atoms with Crippen LogP contribution in [-0.4, -0.2) is 24.4 Å². The summed E-state index contributed by atoms with van der Waals surface area (Å²) in [5, 5.41) is 9.85. The highest BCUT2D eigenvalue weighted by molar-refractivity contribution is 5.39. The fourth-order valence-corrected chi connectivity index (χ4v) is 1.33. The van der Waals surface area contributed by atoms with Crippen molar-refractivity contribution in [1.82, 2.24) is 5.06 Å². The van der Waals surface area contributed by atoms with Crippen molar-refractivity contribution in [3.8, 4) is 5.75 Å². The molecule has 0 radical (unpaired) electrons. The fourth-order valence-electron chi connectivity index (χ4n) is 1.33. The van der Waals surface area contributed by atoms with Crippen LogP contribution >= 0.6 is 0 Å². The Morgan fingerprint density at radius 2 is 2.00 bits per heavy atom. The van der Waals surface area contributed by atoms with E-state index in [4.69, 9.17) is 5.21 Å². The minimum atomic E-state index is -4.44. The molecule has 6 heteroatoms. The summed E-state index contributed by atoms with van der Waals surface area (Å²) in [4.78, 5) is 0. The Kier molecular flexibility index (Phi) is 3.77. The molecule has 0 atom stereocenters. The summed E-state index contributed by atoms with van der Waals surface area (Å²) in [5.41, 5.74) is -0.283. The minimum absolute atomic E-state index is 0.133. The van der Waals surface area contributed by atoms with Gasteiger partial charge in [0, 0.05) is 13.6 Å². The van der Waals surface area contributed by atoms with Gasteiger partial charge in [-0.2, -0.15) is 18.2 Å². The van der Waals surface area contributed by atoms with Crippen LogP contribution in [0, 0.1) is 0 Å². The molecule has 0 saturated carbocycles. The first kappa shape index (κ1) is 12.8. The maximum Gasteiger partial charge on any atom is 0.419 e. The van der Waals surface area contributed by atoms with Gasteiger partial charge in [0.25, 0.3) is 0 Å². The summed E-state index contributed by atoms with van der Waals surface area (Å²) < 4.78 is 42.1. The number of rotatable bonds is 3. The maximum atomic E-state index is 12.5. The van der Waals surface area contributed by atoms with Gasteiger partial charge >= 0.3 is 6.18 Å². The number of nitrogens with zero attached hydrogens (tertiary/aromatic N) is 1. The number of benzene rings is 1. The Hall–Kier alpha value is -1.27. The second-order valence-corrected chi connectivity index (χ2v) is 3.35. The van der Waals surface area contributed by atoms with E-state index in [1.54, 1.807) is 0 Å². The van der Waals surface area contributed by atoms with E-state index in [1.807, 2.05) is 0 Å². The lowest BCUT2D eigenvalue weighted by Gasteiger charge is -2.14. The number of alkyl halides is 3. The number of hydrogen-bond acceptors (Lipinski definition) is 3. The van der Waals surface area contributed by atoms with Crippen LogP contribution in [-0.2, 0) is 12.7 Å². The maximum absolute atomic E-state index is 12.5. The molecule has 3 nitrogen and oxygen atoms in total. The number of hydroxylamine groups is 2. The van der Waals surface area contributed by atoms with E-state index >= 15 is 0 Å². The predicted octanol–water partition coefficient (Wildman–Crippen LogP) is 2.54. The van der Waals surface area contributed by atoms with Crippen LogP contribution in [0.25, 0.3) is 0 Å². The molecule has 1 rings (SSSR count). The molecule has 0 amide bonds. The van der Waals surface area contributed by atoms with Crippen molar-refractivity contribution in [2.45, 2.75) is 12.7 Å². The van der Waals surface area contributed by atoms with Crippen LogP contribution < -0.4 is 4.74 Å². The highest BCUT2D eigenvalue weighted by Gasteiger charge is 2.34. The summed E-state index contributed by atoms with van der Waals surface area (Å²) in [6, 6.07) is 3.51. The van der Waals surface area contributed by atoms with Gasteiger partial charge in [-0.25, -0.2) is 0 Å². The van der Waals surface area contributed by atoms with Gasteiger partial charge in [0.05, 0.1) is 12.7 Å². The molecule has 1 N–H and O–H groups in total. The number of halogens is 3. The Bertz CT molecular complexity index is 364. The number of methoxy groups -OCH3 is 1. The van der Waals surface area contributed by atoms with Crippen molar-refractivity contribution in [3.05, 3.63) is 29.3 Å². The SMILES string of the molecule is COc1cc(CN(C)O)ccc1C(F)(F)F. The van der Waals surface area contributed by atoms with Gasteiger partial charge in [-0.1, -0.05) is 6.07 Å². The molecule has 0 aliphatic carbocycles. The average Bonchev–Trinajstić information content (AvgIpc) is 2.14. The highest BCUT2D eigenvalue weighted by atomic mass is 19.4. The van der Waals surface area contributed by atoms with Gasteiger partial charge in [-0.3, -0.25) is 0 Å². The predicted molar refractivity (Wildman–Crippen MR) is 51.2 cm³/mol. The zero-order valence-electron chi connectivity index (χ0n) is 8.88. The normalized spacial score (nSPS) is 11.9. The van der Waals surface area contributed by atoms with Crippen LogP contribution in [0.3, 0.4) is 0 Å². The topological polar surface area (TPSA) is 32.7 Å².